The molecule has 6 rings (SSSR count). The van der Waals surface area contributed by atoms with Crippen LogP contribution < -0.4 is 25.5 Å². The number of rotatable bonds is 7. The minimum Gasteiger partial charge on any atom is -0.483 e. The third-order valence-corrected chi connectivity index (χ3v) is 8.48. The van der Waals surface area contributed by atoms with Crippen LogP contribution in [0.25, 0.3) is 10.9 Å². The molecular formula is C31H34F2N6O3. The van der Waals surface area contributed by atoms with Crippen LogP contribution in [0.3, 0.4) is 0 Å². The van der Waals surface area contributed by atoms with Crippen LogP contribution in [0.15, 0.2) is 53.7 Å². The van der Waals surface area contributed by atoms with E-state index in [1.165, 1.54) is 0 Å². The molecule has 0 amide bonds. The topological polar surface area (TPSA) is 98.7 Å². The third kappa shape index (κ3) is 5.13. The fourth-order valence-corrected chi connectivity index (χ4v) is 6.04. The number of methoxy groups -OCH3 is 1. The van der Waals surface area contributed by atoms with E-state index >= 15 is 0 Å². The summed E-state index contributed by atoms with van der Waals surface area (Å²) in [7, 11) is 1.58. The summed E-state index contributed by atoms with van der Waals surface area (Å²) in [5, 5.41) is 0.115. The number of pyridine rings is 3. The molecule has 2 aliphatic heterocycles. The van der Waals surface area contributed by atoms with E-state index in [-0.39, 0.29) is 28.6 Å². The fraction of sp³-hybridized carbons (Fsp3) is 0.387. The van der Waals surface area contributed by atoms with Crippen LogP contribution in [0.5, 0.6) is 11.6 Å². The number of aromatic nitrogens is 3. The van der Waals surface area contributed by atoms with Crippen LogP contribution in [0.4, 0.5) is 20.3 Å². The van der Waals surface area contributed by atoms with Crippen LogP contribution >= 0.6 is 0 Å². The number of nitrogens with two attached hydrogens (primary N) is 1. The lowest BCUT2D eigenvalue weighted by atomic mass is 10.0. The lowest BCUT2D eigenvalue weighted by Crippen LogP contribution is -2.48. The SMILES string of the molecule is COc1cc(CN(Cc2cn3c4c(c(F)c(F)cc4c2=O)OC(C)C3C)[C@H]2CCCN(c3ccc(N)nc3)C2)ccn1. The number of benzene rings is 1. The van der Waals surface area contributed by atoms with E-state index in [1.54, 1.807) is 31.8 Å². The van der Waals surface area contributed by atoms with E-state index in [9.17, 15) is 13.6 Å². The van der Waals surface area contributed by atoms with E-state index in [0.29, 0.717) is 35.9 Å². The zero-order valence-electron chi connectivity index (χ0n) is 23.9. The highest BCUT2D eigenvalue weighted by Gasteiger charge is 2.32. The first-order chi connectivity index (χ1) is 20.2. The van der Waals surface area contributed by atoms with E-state index in [2.05, 4.69) is 19.8 Å². The molecule has 4 aromatic rings. The van der Waals surface area contributed by atoms with Crippen molar-refractivity contribution in [2.75, 3.05) is 30.8 Å². The lowest BCUT2D eigenvalue weighted by Gasteiger charge is -2.40. The Morgan fingerprint density at radius 1 is 1.17 bits per heavy atom. The first-order valence-electron chi connectivity index (χ1n) is 14.1. The molecule has 3 atom stereocenters. The van der Waals surface area contributed by atoms with Gasteiger partial charge in [0.1, 0.15) is 11.9 Å². The Bertz CT molecular complexity index is 1680. The average molecular weight is 577 g/mol. The second kappa shape index (κ2) is 11.2. The van der Waals surface area contributed by atoms with Crippen molar-refractivity contribution in [3.8, 4) is 11.6 Å². The van der Waals surface area contributed by atoms with Crippen LogP contribution in [-0.4, -0.2) is 51.8 Å². The van der Waals surface area contributed by atoms with Gasteiger partial charge in [0.05, 0.1) is 35.9 Å². The second-order valence-corrected chi connectivity index (χ2v) is 11.1. The number of nitrogen functional groups attached to an aromatic ring is 1. The molecular weight excluding hydrogens is 542 g/mol. The van der Waals surface area contributed by atoms with Crippen LogP contribution in [0, 0.1) is 11.6 Å². The minimum absolute atomic E-state index is 0.0899. The number of halogens is 2. The normalized spacial score (nSPS) is 20.1. The number of hydrogen-bond acceptors (Lipinski definition) is 8. The van der Waals surface area contributed by atoms with Crippen LogP contribution in [-0.2, 0) is 13.1 Å². The summed E-state index contributed by atoms with van der Waals surface area (Å²) >= 11 is 0. The van der Waals surface area contributed by atoms with Gasteiger partial charge in [-0.15, -0.1) is 0 Å². The molecule has 220 valence electrons. The summed E-state index contributed by atoms with van der Waals surface area (Å²) in [6.07, 6.45) is 6.75. The molecule has 5 heterocycles. The van der Waals surface area contributed by atoms with Crippen LogP contribution in [0.2, 0.25) is 0 Å². The number of nitrogens with zero attached hydrogens (tertiary/aromatic N) is 5. The number of piperidine rings is 1. The quantitative estimate of drug-likeness (QED) is 0.339. The van der Waals surface area contributed by atoms with Crippen molar-refractivity contribution in [1.82, 2.24) is 19.4 Å². The first kappa shape index (κ1) is 27.9. The molecule has 1 aromatic carbocycles. The van der Waals surface area contributed by atoms with Crippen LogP contribution in [0.1, 0.15) is 43.9 Å². The smallest absolute Gasteiger partial charge is 0.213 e. The predicted molar refractivity (Wildman–Crippen MR) is 157 cm³/mol. The molecule has 2 N–H and O–H groups in total. The number of hydrogen-bond donors (Lipinski definition) is 1. The fourth-order valence-electron chi connectivity index (χ4n) is 6.04. The van der Waals surface area contributed by atoms with Gasteiger partial charge in [-0.05, 0) is 56.5 Å². The molecule has 11 heteroatoms. The van der Waals surface area contributed by atoms with Crippen molar-refractivity contribution in [3.05, 3.63) is 81.9 Å². The Morgan fingerprint density at radius 2 is 2.00 bits per heavy atom. The van der Waals surface area contributed by atoms with Gasteiger partial charge >= 0.3 is 0 Å². The maximum atomic E-state index is 14.8. The van der Waals surface area contributed by atoms with Crippen molar-refractivity contribution in [2.45, 2.75) is 58.0 Å². The molecule has 0 spiro atoms. The molecule has 0 aliphatic carbocycles. The summed E-state index contributed by atoms with van der Waals surface area (Å²) < 4.78 is 42.4. The lowest BCUT2D eigenvalue weighted by molar-refractivity contribution is 0.142. The highest BCUT2D eigenvalue weighted by atomic mass is 19.2. The Morgan fingerprint density at radius 3 is 2.76 bits per heavy atom. The van der Waals surface area contributed by atoms with Crippen molar-refractivity contribution >= 4 is 22.4 Å². The summed E-state index contributed by atoms with van der Waals surface area (Å²) in [5.74, 6) is -1.40. The van der Waals surface area contributed by atoms with E-state index in [1.807, 2.05) is 36.6 Å². The summed E-state index contributed by atoms with van der Waals surface area (Å²) in [5.41, 5.74) is 8.26. The highest BCUT2D eigenvalue weighted by Crippen LogP contribution is 2.38. The summed E-state index contributed by atoms with van der Waals surface area (Å²) in [6.45, 7) is 6.21. The van der Waals surface area contributed by atoms with Crippen molar-refractivity contribution < 1.29 is 18.3 Å². The molecule has 0 saturated carbocycles. The maximum Gasteiger partial charge on any atom is 0.213 e. The Balaban J connectivity index is 1.41. The Labute approximate surface area is 242 Å². The minimum atomic E-state index is -1.10. The largest absolute Gasteiger partial charge is 0.483 e. The van der Waals surface area contributed by atoms with Crippen molar-refractivity contribution in [2.24, 2.45) is 0 Å². The maximum absolute atomic E-state index is 14.8. The van der Waals surface area contributed by atoms with Gasteiger partial charge in [0, 0.05) is 56.2 Å². The zero-order valence-corrected chi connectivity index (χ0v) is 23.9. The molecule has 2 aliphatic rings. The van der Waals surface area contributed by atoms with Gasteiger partial charge in [0.2, 0.25) is 11.7 Å². The van der Waals surface area contributed by atoms with Gasteiger partial charge < -0.3 is 24.7 Å². The van der Waals surface area contributed by atoms with E-state index < -0.39 is 17.7 Å². The molecule has 0 bridgehead atoms. The molecule has 1 fully saturated rings. The summed E-state index contributed by atoms with van der Waals surface area (Å²) in [6, 6.07) is 8.49. The van der Waals surface area contributed by atoms with Gasteiger partial charge in [0.25, 0.3) is 0 Å². The third-order valence-electron chi connectivity index (χ3n) is 8.48. The Kier molecular flexibility index (Phi) is 7.44. The van der Waals surface area contributed by atoms with Crippen molar-refractivity contribution in [3.63, 3.8) is 0 Å². The molecule has 1 saturated heterocycles. The highest BCUT2D eigenvalue weighted by molar-refractivity contribution is 5.86. The number of anilines is 2. The Hall–Kier alpha value is -4.25. The number of ether oxygens (including phenoxy) is 2. The van der Waals surface area contributed by atoms with Gasteiger partial charge in [-0.1, -0.05) is 0 Å². The van der Waals surface area contributed by atoms with Gasteiger partial charge in [-0.3, -0.25) is 9.69 Å². The van der Waals surface area contributed by atoms with E-state index in [0.717, 1.165) is 43.2 Å². The van der Waals surface area contributed by atoms with Gasteiger partial charge in [-0.25, -0.2) is 14.4 Å². The molecule has 3 aromatic heterocycles. The standard InChI is InChI=1S/C31H34F2N6O3/c1-18-19(2)42-31-28(33)25(32)12-24-29(31)39(18)16-21(30(24)40)15-38(14-20-8-9-35-27(11-20)41-3)23-5-4-10-37(17-23)22-6-7-26(34)36-13-22/h6-9,11-13,16,18-19,23H,4-5,10,14-15,17H2,1-3H3,(H2,34,36)/t18?,19?,23-/m0/s1. The summed E-state index contributed by atoms with van der Waals surface area (Å²) in [4.78, 5) is 26.9. The van der Waals surface area contributed by atoms with E-state index in [4.69, 9.17) is 15.2 Å². The molecule has 0 radical (unpaired) electrons. The molecule has 2 unspecified atom stereocenters. The van der Waals surface area contributed by atoms with Gasteiger partial charge in [-0.2, -0.15) is 4.39 Å². The predicted octanol–water partition coefficient (Wildman–Crippen LogP) is 4.67. The zero-order chi connectivity index (χ0) is 29.5. The van der Waals surface area contributed by atoms with Gasteiger partial charge in [0.15, 0.2) is 17.0 Å². The first-order valence-corrected chi connectivity index (χ1v) is 14.1. The average Bonchev–Trinajstić information content (AvgIpc) is 3.00. The molecule has 9 nitrogen and oxygen atoms in total. The van der Waals surface area contributed by atoms with Crippen molar-refractivity contribution in [1.29, 1.82) is 0 Å². The monoisotopic (exact) mass is 576 g/mol. The second-order valence-electron chi connectivity index (χ2n) is 11.1. The molecule has 42 heavy (non-hydrogen) atoms.